The fraction of sp³-hybridized carbons (Fsp3) is 0.385. The molecule has 0 aromatic carbocycles. The van der Waals surface area contributed by atoms with Gasteiger partial charge in [0.05, 0.1) is 0 Å². The summed E-state index contributed by atoms with van der Waals surface area (Å²) in [5.41, 5.74) is 0.685. The zero-order valence-corrected chi connectivity index (χ0v) is 12.6. The monoisotopic (exact) mass is 324 g/mol. The quantitative estimate of drug-likeness (QED) is 0.830. The number of thiazole rings is 1. The van der Waals surface area contributed by atoms with Crippen LogP contribution in [0.15, 0.2) is 12.1 Å². The summed E-state index contributed by atoms with van der Waals surface area (Å²) in [5, 5.41) is 6.32. The van der Waals surface area contributed by atoms with E-state index in [-0.39, 0.29) is 11.8 Å². The predicted molar refractivity (Wildman–Crippen MR) is 81.5 cm³/mol. The van der Waals surface area contributed by atoms with Crippen LogP contribution < -0.4 is 10.6 Å². The Morgan fingerprint density at radius 1 is 1.38 bits per heavy atom. The molecule has 2 aromatic heterocycles. The van der Waals surface area contributed by atoms with Crippen LogP contribution in [0.3, 0.4) is 0 Å². The second-order valence-corrected chi connectivity index (χ2v) is 6.20. The molecular formula is C13H13ClN4O2S. The van der Waals surface area contributed by atoms with Gasteiger partial charge in [-0.2, -0.15) is 0 Å². The Morgan fingerprint density at radius 3 is 3.10 bits per heavy atom. The highest BCUT2D eigenvalue weighted by Crippen LogP contribution is 2.25. The lowest BCUT2D eigenvalue weighted by atomic mass is 10.1. The van der Waals surface area contributed by atoms with E-state index in [1.165, 1.54) is 11.3 Å². The minimum absolute atomic E-state index is 0.0783. The van der Waals surface area contributed by atoms with Gasteiger partial charge >= 0.3 is 0 Å². The van der Waals surface area contributed by atoms with Crippen molar-refractivity contribution in [2.75, 3.05) is 5.32 Å². The average Bonchev–Trinajstić information content (AvgIpc) is 2.69. The number of nitrogens with zero attached hydrogens (tertiary/aromatic N) is 2. The summed E-state index contributed by atoms with van der Waals surface area (Å²) >= 11 is 7.08. The van der Waals surface area contributed by atoms with Gasteiger partial charge in [-0.1, -0.05) is 29.4 Å². The molecule has 2 N–H and O–H groups in total. The number of rotatable bonds is 2. The summed E-state index contributed by atoms with van der Waals surface area (Å²) in [5.74, 6) is -0.319. The molecule has 0 saturated carbocycles. The Labute approximate surface area is 129 Å². The first-order valence-corrected chi connectivity index (χ1v) is 7.84. The van der Waals surface area contributed by atoms with E-state index >= 15 is 0 Å². The second-order valence-electron chi connectivity index (χ2n) is 4.83. The van der Waals surface area contributed by atoms with E-state index in [1.807, 2.05) is 0 Å². The fourth-order valence-electron chi connectivity index (χ4n) is 2.21. The molecule has 1 atom stereocenters. The van der Waals surface area contributed by atoms with Crippen molar-refractivity contribution in [2.45, 2.75) is 31.7 Å². The smallest absolute Gasteiger partial charge is 0.248 e. The highest BCUT2D eigenvalue weighted by atomic mass is 35.5. The lowest BCUT2D eigenvalue weighted by Gasteiger charge is -2.14. The predicted octanol–water partition coefficient (Wildman–Crippen LogP) is 2.34. The third-order valence-corrected chi connectivity index (χ3v) is 4.34. The maximum atomic E-state index is 12.2. The normalized spacial score (nSPS) is 19.1. The minimum Gasteiger partial charge on any atom is -0.344 e. The number of pyridine rings is 1. The Hall–Kier alpha value is -1.73. The Balaban J connectivity index is 1.74. The molecule has 1 aliphatic heterocycles. The first kappa shape index (κ1) is 14.2. The zero-order chi connectivity index (χ0) is 14.8. The molecule has 3 rings (SSSR count). The van der Waals surface area contributed by atoms with Crippen molar-refractivity contribution in [2.24, 2.45) is 0 Å². The standard InChI is InChI=1S/C13H13ClN4O2S/c14-9-6-5-8-12(17-9)21-13(16-8)18-11(20)7-3-1-2-4-10(19)15-7/h5-7H,1-4H2,(H,15,19)(H,16,18,20). The van der Waals surface area contributed by atoms with Crippen LogP contribution in [-0.2, 0) is 9.59 Å². The lowest BCUT2D eigenvalue weighted by Crippen LogP contribution is -2.42. The molecule has 0 bridgehead atoms. The van der Waals surface area contributed by atoms with Crippen molar-refractivity contribution in [1.82, 2.24) is 15.3 Å². The van der Waals surface area contributed by atoms with Crippen LogP contribution in [0.25, 0.3) is 10.3 Å². The second kappa shape index (κ2) is 5.95. The number of halogens is 1. The Kier molecular flexibility index (Phi) is 4.03. The fourth-order valence-corrected chi connectivity index (χ4v) is 3.25. The van der Waals surface area contributed by atoms with E-state index in [4.69, 9.17) is 11.6 Å². The van der Waals surface area contributed by atoms with Crippen LogP contribution in [-0.4, -0.2) is 27.8 Å². The van der Waals surface area contributed by atoms with Gasteiger partial charge in [-0.25, -0.2) is 9.97 Å². The molecule has 2 amide bonds. The number of hydrogen-bond donors (Lipinski definition) is 2. The van der Waals surface area contributed by atoms with Gasteiger partial charge < -0.3 is 10.6 Å². The number of fused-ring (bicyclic) bond motifs is 1. The number of nitrogens with one attached hydrogen (secondary N) is 2. The number of anilines is 1. The number of aromatic nitrogens is 2. The van der Waals surface area contributed by atoms with Gasteiger partial charge in [-0.15, -0.1) is 0 Å². The summed E-state index contributed by atoms with van der Waals surface area (Å²) in [4.78, 5) is 32.8. The van der Waals surface area contributed by atoms with Crippen LogP contribution >= 0.6 is 22.9 Å². The lowest BCUT2D eigenvalue weighted by molar-refractivity contribution is -0.125. The van der Waals surface area contributed by atoms with Gasteiger partial charge in [0.15, 0.2) is 5.13 Å². The van der Waals surface area contributed by atoms with E-state index in [1.54, 1.807) is 12.1 Å². The van der Waals surface area contributed by atoms with Gasteiger partial charge in [-0.05, 0) is 25.0 Å². The molecule has 0 radical (unpaired) electrons. The van der Waals surface area contributed by atoms with Crippen molar-refractivity contribution < 1.29 is 9.59 Å². The summed E-state index contributed by atoms with van der Waals surface area (Å²) in [6, 6.07) is 2.91. The molecule has 2 aromatic rings. The van der Waals surface area contributed by atoms with Crippen molar-refractivity contribution in [1.29, 1.82) is 0 Å². The van der Waals surface area contributed by atoms with E-state index in [0.29, 0.717) is 33.5 Å². The third kappa shape index (κ3) is 3.30. The van der Waals surface area contributed by atoms with Crippen LogP contribution in [0.5, 0.6) is 0 Å². The van der Waals surface area contributed by atoms with E-state index < -0.39 is 6.04 Å². The number of carbonyl (C=O) groups is 2. The molecule has 0 spiro atoms. The summed E-state index contributed by atoms with van der Waals surface area (Å²) in [6.45, 7) is 0. The van der Waals surface area contributed by atoms with Crippen molar-refractivity contribution in [3.63, 3.8) is 0 Å². The van der Waals surface area contributed by atoms with E-state index in [2.05, 4.69) is 20.6 Å². The molecule has 1 unspecified atom stereocenters. The number of hydrogen-bond acceptors (Lipinski definition) is 5. The zero-order valence-electron chi connectivity index (χ0n) is 11.1. The molecule has 8 heteroatoms. The highest BCUT2D eigenvalue weighted by molar-refractivity contribution is 7.22. The Morgan fingerprint density at radius 2 is 2.24 bits per heavy atom. The molecule has 110 valence electrons. The van der Waals surface area contributed by atoms with Crippen molar-refractivity contribution >= 4 is 50.2 Å². The van der Waals surface area contributed by atoms with Gasteiger partial charge in [0, 0.05) is 6.42 Å². The molecular weight excluding hydrogens is 312 g/mol. The molecule has 21 heavy (non-hydrogen) atoms. The SMILES string of the molecule is O=C1CCCCC(C(=O)Nc2nc3ccc(Cl)nc3s2)N1. The number of carbonyl (C=O) groups excluding carboxylic acids is 2. The maximum absolute atomic E-state index is 12.2. The molecule has 6 nitrogen and oxygen atoms in total. The summed E-state index contributed by atoms with van der Waals surface area (Å²) in [6.07, 6.45) is 2.80. The van der Waals surface area contributed by atoms with E-state index in [9.17, 15) is 9.59 Å². The summed E-state index contributed by atoms with van der Waals surface area (Å²) in [7, 11) is 0. The first-order valence-electron chi connectivity index (χ1n) is 6.65. The summed E-state index contributed by atoms with van der Waals surface area (Å²) < 4.78 is 0. The van der Waals surface area contributed by atoms with E-state index in [0.717, 1.165) is 12.8 Å². The minimum atomic E-state index is -0.497. The molecule has 3 heterocycles. The Bertz CT molecular complexity index is 703. The van der Waals surface area contributed by atoms with Gasteiger partial charge in [0.2, 0.25) is 11.8 Å². The van der Waals surface area contributed by atoms with Gasteiger partial charge in [-0.3, -0.25) is 9.59 Å². The van der Waals surface area contributed by atoms with Crippen LogP contribution in [0.2, 0.25) is 5.15 Å². The molecule has 1 saturated heterocycles. The van der Waals surface area contributed by atoms with Crippen LogP contribution in [0, 0.1) is 0 Å². The average molecular weight is 325 g/mol. The van der Waals surface area contributed by atoms with Crippen LogP contribution in [0.1, 0.15) is 25.7 Å². The largest absolute Gasteiger partial charge is 0.344 e. The van der Waals surface area contributed by atoms with Crippen molar-refractivity contribution in [3.8, 4) is 0 Å². The first-order chi connectivity index (χ1) is 10.1. The topological polar surface area (TPSA) is 84.0 Å². The third-order valence-electron chi connectivity index (χ3n) is 3.25. The molecule has 0 aliphatic carbocycles. The number of amides is 2. The molecule has 1 aliphatic rings. The van der Waals surface area contributed by atoms with Gasteiger partial charge in [0.25, 0.3) is 0 Å². The van der Waals surface area contributed by atoms with Gasteiger partial charge in [0.1, 0.15) is 21.5 Å². The van der Waals surface area contributed by atoms with Crippen molar-refractivity contribution in [3.05, 3.63) is 17.3 Å². The highest BCUT2D eigenvalue weighted by Gasteiger charge is 2.23. The molecule has 1 fully saturated rings. The van der Waals surface area contributed by atoms with Crippen LogP contribution in [0.4, 0.5) is 5.13 Å². The maximum Gasteiger partial charge on any atom is 0.248 e.